The van der Waals surface area contributed by atoms with Gasteiger partial charge < -0.3 is 9.47 Å². The zero-order chi connectivity index (χ0) is 15.4. The first-order valence-electron chi connectivity index (χ1n) is 7.63. The van der Waals surface area contributed by atoms with Crippen molar-refractivity contribution < 1.29 is 0 Å². The summed E-state index contributed by atoms with van der Waals surface area (Å²) in [5, 5.41) is 10.3. The molecule has 0 radical (unpaired) electrons. The molecule has 0 spiro atoms. The number of nitrogens with zero attached hydrogens (tertiary/aromatic N) is 3. The van der Waals surface area contributed by atoms with Gasteiger partial charge in [0.15, 0.2) is 0 Å². The van der Waals surface area contributed by atoms with Gasteiger partial charge in [-0.2, -0.15) is 5.26 Å². The number of fused-ring (bicyclic) bond motifs is 1. The number of hydrogen-bond acceptors (Lipinski definition) is 2. The molecule has 1 aromatic heterocycles. The summed E-state index contributed by atoms with van der Waals surface area (Å²) in [7, 11) is 8.09. The molecule has 112 valence electrons. The Morgan fingerprint density at radius 2 is 1.81 bits per heavy atom. The Morgan fingerprint density at radius 1 is 1.19 bits per heavy atom. The first kappa shape index (κ1) is 15.6. The summed E-state index contributed by atoms with van der Waals surface area (Å²) in [5.74, 6) is 0.702. The Labute approximate surface area is 127 Å². The smallest absolute Gasteiger partial charge is 0.0991 e. The standard InChI is InChI=1S/C15H16N2.C3H9N/c1-17-10-14(12-4-2-3-5-12)13-8-11(9-16)6-7-15(13)17;1-4(2)3/h6-8,10,12H,2-5H2,1H3;1-3H3. The second-order valence-corrected chi connectivity index (χ2v) is 6.36. The van der Waals surface area contributed by atoms with Crippen LogP contribution in [0.4, 0.5) is 0 Å². The van der Waals surface area contributed by atoms with Crippen LogP contribution in [0.5, 0.6) is 0 Å². The van der Waals surface area contributed by atoms with Gasteiger partial charge in [0, 0.05) is 24.1 Å². The van der Waals surface area contributed by atoms with Gasteiger partial charge in [0.25, 0.3) is 0 Å². The Hall–Kier alpha value is -1.79. The zero-order valence-electron chi connectivity index (χ0n) is 13.6. The SMILES string of the molecule is CN(C)C.Cn1cc(C2CCCC2)c2cc(C#N)ccc21. The van der Waals surface area contributed by atoms with E-state index in [0.717, 1.165) is 5.56 Å². The van der Waals surface area contributed by atoms with E-state index >= 15 is 0 Å². The first-order valence-corrected chi connectivity index (χ1v) is 7.63. The van der Waals surface area contributed by atoms with Crippen molar-refractivity contribution in [1.29, 1.82) is 5.26 Å². The minimum absolute atomic E-state index is 0.702. The Bertz CT molecular complexity index is 638. The van der Waals surface area contributed by atoms with Gasteiger partial charge in [-0.25, -0.2) is 0 Å². The first-order chi connectivity index (χ1) is 10.0. The Balaban J connectivity index is 0.000000361. The van der Waals surface area contributed by atoms with Gasteiger partial charge in [0.1, 0.15) is 0 Å². The molecule has 3 heteroatoms. The molecule has 1 aliphatic rings. The van der Waals surface area contributed by atoms with Gasteiger partial charge >= 0.3 is 0 Å². The number of aromatic nitrogens is 1. The third-order valence-corrected chi connectivity index (χ3v) is 3.94. The van der Waals surface area contributed by atoms with Crippen molar-refractivity contribution in [2.75, 3.05) is 21.1 Å². The van der Waals surface area contributed by atoms with Crippen LogP contribution >= 0.6 is 0 Å². The van der Waals surface area contributed by atoms with Crippen LogP contribution in [-0.2, 0) is 7.05 Å². The molecule has 1 saturated carbocycles. The topological polar surface area (TPSA) is 32.0 Å². The number of rotatable bonds is 1. The number of aryl methyl sites for hydroxylation is 1. The third-order valence-electron chi connectivity index (χ3n) is 3.94. The highest BCUT2D eigenvalue weighted by Crippen LogP contribution is 2.38. The van der Waals surface area contributed by atoms with Gasteiger partial charge in [-0.3, -0.25) is 0 Å². The van der Waals surface area contributed by atoms with E-state index in [4.69, 9.17) is 5.26 Å². The molecule has 3 rings (SSSR count). The summed E-state index contributed by atoms with van der Waals surface area (Å²) in [6.45, 7) is 0. The highest BCUT2D eigenvalue weighted by molar-refractivity contribution is 5.85. The van der Waals surface area contributed by atoms with Crippen LogP contribution in [0.15, 0.2) is 24.4 Å². The lowest BCUT2D eigenvalue weighted by Gasteiger charge is -2.06. The van der Waals surface area contributed by atoms with Crippen molar-refractivity contribution in [2.45, 2.75) is 31.6 Å². The lowest BCUT2D eigenvalue weighted by molar-refractivity contribution is 0.505. The molecule has 1 aliphatic carbocycles. The van der Waals surface area contributed by atoms with E-state index in [1.165, 1.54) is 42.1 Å². The van der Waals surface area contributed by atoms with E-state index in [-0.39, 0.29) is 0 Å². The number of hydrogen-bond donors (Lipinski definition) is 0. The molecule has 0 N–H and O–H groups in total. The van der Waals surface area contributed by atoms with Crippen LogP contribution in [0.2, 0.25) is 0 Å². The van der Waals surface area contributed by atoms with Gasteiger partial charge in [-0.15, -0.1) is 0 Å². The average molecular weight is 283 g/mol. The molecule has 0 atom stereocenters. The summed E-state index contributed by atoms with van der Waals surface area (Å²) >= 11 is 0. The molecule has 1 fully saturated rings. The van der Waals surface area contributed by atoms with Crippen molar-refractivity contribution in [3.8, 4) is 6.07 Å². The maximum absolute atomic E-state index is 9.00. The van der Waals surface area contributed by atoms with Crippen molar-refractivity contribution in [3.05, 3.63) is 35.5 Å². The molecule has 0 bridgehead atoms. The van der Waals surface area contributed by atoms with Gasteiger partial charge in [0.05, 0.1) is 11.6 Å². The van der Waals surface area contributed by atoms with Crippen LogP contribution in [-0.4, -0.2) is 30.6 Å². The predicted molar refractivity (Wildman–Crippen MR) is 88.5 cm³/mol. The fourth-order valence-electron chi connectivity index (χ4n) is 3.05. The van der Waals surface area contributed by atoms with E-state index in [0.29, 0.717) is 5.92 Å². The monoisotopic (exact) mass is 283 g/mol. The molecule has 1 heterocycles. The van der Waals surface area contributed by atoms with Crippen LogP contribution in [0.1, 0.15) is 42.7 Å². The van der Waals surface area contributed by atoms with E-state index in [1.807, 2.05) is 38.2 Å². The van der Waals surface area contributed by atoms with Crippen LogP contribution in [0, 0.1) is 11.3 Å². The quantitative estimate of drug-likeness (QED) is 0.795. The van der Waals surface area contributed by atoms with E-state index < -0.39 is 0 Å². The lowest BCUT2D eigenvalue weighted by atomic mass is 9.96. The molecule has 0 unspecified atom stereocenters. The number of nitriles is 1. The molecular weight excluding hydrogens is 258 g/mol. The summed E-state index contributed by atoms with van der Waals surface area (Å²) in [6.07, 6.45) is 7.55. The fraction of sp³-hybridized carbons (Fsp3) is 0.500. The molecule has 0 aliphatic heterocycles. The maximum Gasteiger partial charge on any atom is 0.0991 e. The largest absolute Gasteiger partial charge is 0.350 e. The van der Waals surface area contributed by atoms with Crippen LogP contribution in [0.3, 0.4) is 0 Å². The molecule has 21 heavy (non-hydrogen) atoms. The van der Waals surface area contributed by atoms with Gasteiger partial charge in [-0.1, -0.05) is 12.8 Å². The minimum atomic E-state index is 0.702. The second kappa shape index (κ2) is 6.78. The van der Waals surface area contributed by atoms with Gasteiger partial charge in [0.2, 0.25) is 0 Å². The van der Waals surface area contributed by atoms with E-state index in [1.54, 1.807) is 0 Å². The normalized spacial score (nSPS) is 15.0. The lowest BCUT2D eigenvalue weighted by Crippen LogP contribution is -1.99. The maximum atomic E-state index is 9.00. The predicted octanol–water partition coefficient (Wildman–Crippen LogP) is 3.89. The molecule has 2 aromatic rings. The Morgan fingerprint density at radius 3 is 2.38 bits per heavy atom. The van der Waals surface area contributed by atoms with Crippen LogP contribution < -0.4 is 0 Å². The molecule has 1 aromatic carbocycles. The minimum Gasteiger partial charge on any atom is -0.350 e. The molecule has 3 nitrogen and oxygen atoms in total. The highest BCUT2D eigenvalue weighted by atomic mass is 15.0. The van der Waals surface area contributed by atoms with Crippen molar-refractivity contribution in [1.82, 2.24) is 9.47 Å². The Kier molecular flexibility index (Phi) is 5.03. The summed E-state index contributed by atoms with van der Waals surface area (Å²) in [5.41, 5.74) is 3.45. The van der Waals surface area contributed by atoms with Crippen LogP contribution in [0.25, 0.3) is 10.9 Å². The van der Waals surface area contributed by atoms with Gasteiger partial charge in [-0.05, 0) is 63.7 Å². The average Bonchev–Trinajstić information content (AvgIpc) is 3.06. The summed E-state index contributed by atoms with van der Waals surface area (Å²) in [6, 6.07) is 8.25. The van der Waals surface area contributed by atoms with E-state index in [9.17, 15) is 0 Å². The number of benzene rings is 1. The fourth-order valence-corrected chi connectivity index (χ4v) is 3.05. The molecular formula is C18H25N3. The zero-order valence-corrected chi connectivity index (χ0v) is 13.6. The summed E-state index contributed by atoms with van der Waals surface area (Å²) < 4.78 is 2.18. The molecule has 0 saturated heterocycles. The van der Waals surface area contributed by atoms with Crippen molar-refractivity contribution >= 4 is 10.9 Å². The molecule has 0 amide bonds. The summed E-state index contributed by atoms with van der Waals surface area (Å²) in [4.78, 5) is 2.00. The van der Waals surface area contributed by atoms with Crippen molar-refractivity contribution in [3.63, 3.8) is 0 Å². The highest BCUT2D eigenvalue weighted by Gasteiger charge is 2.21. The second-order valence-electron chi connectivity index (χ2n) is 6.36. The van der Waals surface area contributed by atoms with E-state index in [2.05, 4.69) is 29.9 Å². The third kappa shape index (κ3) is 3.65. The van der Waals surface area contributed by atoms with Crippen molar-refractivity contribution in [2.24, 2.45) is 7.05 Å².